The maximum absolute atomic E-state index is 14.9. The molecule has 0 saturated carbocycles. The van der Waals surface area contributed by atoms with E-state index in [1.165, 1.54) is 11.1 Å². The van der Waals surface area contributed by atoms with Crippen molar-refractivity contribution in [1.82, 2.24) is 15.2 Å². The number of H-pyrrole nitrogens is 1. The number of nitrogens with zero attached hydrogens (tertiary/aromatic N) is 3. The first-order valence-corrected chi connectivity index (χ1v) is 11.9. The second-order valence-corrected chi connectivity index (χ2v) is 9.90. The number of carbonyl (C=O) groups excluding carboxylic acids is 1. The predicted octanol–water partition coefficient (Wildman–Crippen LogP) is 5.92. The molecule has 0 unspecified atom stereocenters. The normalized spacial score (nSPS) is 16.7. The summed E-state index contributed by atoms with van der Waals surface area (Å²) in [7, 11) is 0. The summed E-state index contributed by atoms with van der Waals surface area (Å²) in [5.41, 5.74) is 2.01. The molecular formula is C24H25ClFIN4O2. The molecule has 2 aliphatic rings. The van der Waals surface area contributed by atoms with Crippen LogP contribution in [0.25, 0.3) is 11.3 Å². The van der Waals surface area contributed by atoms with Crippen LogP contribution >= 0.6 is 35.0 Å². The minimum absolute atomic E-state index is 0. The topological polar surface area (TPSA) is 61.5 Å². The number of para-hydroxylation sites is 1. The lowest BCUT2D eigenvalue weighted by Gasteiger charge is -2.38. The molecule has 1 aromatic heterocycles. The third kappa shape index (κ3) is 4.24. The van der Waals surface area contributed by atoms with Crippen LogP contribution in [0, 0.1) is 9.39 Å². The number of aromatic amines is 1. The fourth-order valence-electron chi connectivity index (χ4n) is 4.58. The lowest BCUT2D eigenvalue weighted by atomic mass is 9.89. The number of hydrogen-bond donors (Lipinski definition) is 1. The van der Waals surface area contributed by atoms with E-state index in [0.717, 1.165) is 34.1 Å². The van der Waals surface area contributed by atoms with Crippen LogP contribution in [0.2, 0.25) is 0 Å². The highest BCUT2D eigenvalue weighted by Crippen LogP contribution is 2.46. The molecule has 1 amide bonds. The van der Waals surface area contributed by atoms with Crippen molar-refractivity contribution in [2.45, 2.75) is 38.7 Å². The summed E-state index contributed by atoms with van der Waals surface area (Å²) < 4.78 is 22.2. The van der Waals surface area contributed by atoms with Crippen LogP contribution in [0.3, 0.4) is 0 Å². The second-order valence-electron chi connectivity index (χ2n) is 8.66. The van der Waals surface area contributed by atoms with Gasteiger partial charge in [0.25, 0.3) is 5.91 Å². The quantitative estimate of drug-likeness (QED) is 0.390. The first kappa shape index (κ1) is 24.0. The number of rotatable bonds is 3. The molecule has 0 aliphatic carbocycles. The molecule has 5 rings (SSSR count). The Balaban J connectivity index is 0.00000259. The van der Waals surface area contributed by atoms with Gasteiger partial charge in [-0.2, -0.15) is 5.10 Å². The van der Waals surface area contributed by atoms with Gasteiger partial charge in [0.05, 0.1) is 11.3 Å². The van der Waals surface area contributed by atoms with Crippen molar-refractivity contribution in [1.29, 1.82) is 0 Å². The number of aromatic nitrogens is 2. The van der Waals surface area contributed by atoms with Crippen molar-refractivity contribution in [3.63, 3.8) is 0 Å². The smallest absolute Gasteiger partial charge is 0.291 e. The average molecular weight is 583 g/mol. The van der Waals surface area contributed by atoms with Crippen LogP contribution in [-0.4, -0.2) is 34.2 Å². The highest BCUT2D eigenvalue weighted by Gasteiger charge is 2.41. The zero-order valence-electron chi connectivity index (χ0n) is 18.4. The highest BCUT2D eigenvalue weighted by molar-refractivity contribution is 14.1. The molecule has 2 aliphatic heterocycles. The van der Waals surface area contributed by atoms with E-state index in [1.807, 2.05) is 37.1 Å². The van der Waals surface area contributed by atoms with E-state index < -0.39 is 11.4 Å². The number of anilines is 1. The van der Waals surface area contributed by atoms with Crippen LogP contribution in [0.5, 0.6) is 5.75 Å². The van der Waals surface area contributed by atoms with Gasteiger partial charge in [0.1, 0.15) is 28.6 Å². The first-order valence-electron chi connectivity index (χ1n) is 10.8. The van der Waals surface area contributed by atoms with Gasteiger partial charge in [0.2, 0.25) is 0 Å². The summed E-state index contributed by atoms with van der Waals surface area (Å²) in [6.45, 7) is 5.24. The molecule has 0 spiro atoms. The molecule has 0 bridgehead atoms. The van der Waals surface area contributed by atoms with Gasteiger partial charge in [-0.3, -0.25) is 9.89 Å². The van der Waals surface area contributed by atoms with Gasteiger partial charge >= 0.3 is 0 Å². The fourth-order valence-corrected chi connectivity index (χ4v) is 5.04. The van der Waals surface area contributed by atoms with Crippen LogP contribution in [-0.2, 0) is 5.60 Å². The van der Waals surface area contributed by atoms with Crippen molar-refractivity contribution < 1.29 is 13.9 Å². The third-order valence-electron chi connectivity index (χ3n) is 6.03. The second kappa shape index (κ2) is 9.23. The molecule has 1 fully saturated rings. The number of hydrogen-bond acceptors (Lipinski definition) is 4. The minimum atomic E-state index is -0.784. The van der Waals surface area contributed by atoms with Gasteiger partial charge in [-0.15, -0.1) is 12.4 Å². The predicted molar refractivity (Wildman–Crippen MR) is 136 cm³/mol. The largest absolute Gasteiger partial charge is 0.482 e. The summed E-state index contributed by atoms with van der Waals surface area (Å²) >= 11 is 2.25. The van der Waals surface area contributed by atoms with Crippen molar-refractivity contribution >= 4 is 46.6 Å². The Morgan fingerprint density at radius 3 is 2.64 bits per heavy atom. The first-order chi connectivity index (χ1) is 15.4. The number of piperidine rings is 1. The molecule has 3 heterocycles. The summed E-state index contributed by atoms with van der Waals surface area (Å²) in [6, 6.07) is 12.3. The van der Waals surface area contributed by atoms with E-state index in [2.05, 4.69) is 32.8 Å². The Kier molecular flexibility index (Phi) is 6.70. The van der Waals surface area contributed by atoms with Gasteiger partial charge in [-0.1, -0.05) is 18.6 Å². The lowest BCUT2D eigenvalue weighted by molar-refractivity contribution is 0.0830. The van der Waals surface area contributed by atoms with Crippen LogP contribution in [0.15, 0.2) is 42.5 Å². The number of hydrazine groups is 1. The number of nitrogens with one attached hydrogen (secondary N) is 1. The summed E-state index contributed by atoms with van der Waals surface area (Å²) in [4.78, 5) is 14.0. The number of amides is 1. The molecule has 9 heteroatoms. The Morgan fingerprint density at radius 1 is 1.18 bits per heavy atom. The molecule has 1 N–H and O–H groups in total. The lowest BCUT2D eigenvalue weighted by Crippen LogP contribution is -2.50. The van der Waals surface area contributed by atoms with Gasteiger partial charge < -0.3 is 4.74 Å². The van der Waals surface area contributed by atoms with E-state index in [-0.39, 0.29) is 24.0 Å². The van der Waals surface area contributed by atoms with Crippen molar-refractivity contribution in [2.24, 2.45) is 0 Å². The molecule has 3 aromatic rings. The average Bonchev–Trinajstić information content (AvgIpc) is 3.22. The van der Waals surface area contributed by atoms with E-state index in [9.17, 15) is 9.18 Å². The zero-order valence-corrected chi connectivity index (χ0v) is 21.4. The number of fused-ring (bicyclic) bond motifs is 3. The molecule has 1 saturated heterocycles. The molecule has 2 aromatic carbocycles. The van der Waals surface area contributed by atoms with Crippen molar-refractivity contribution in [3.05, 3.63) is 63.1 Å². The number of ether oxygens (including phenoxy) is 1. The highest BCUT2D eigenvalue weighted by atomic mass is 127. The van der Waals surface area contributed by atoms with Crippen molar-refractivity contribution in [2.75, 3.05) is 18.1 Å². The van der Waals surface area contributed by atoms with Gasteiger partial charge in [-0.25, -0.2) is 14.4 Å². The third-order valence-corrected chi connectivity index (χ3v) is 6.71. The zero-order chi connectivity index (χ0) is 22.5. The van der Waals surface area contributed by atoms with E-state index >= 15 is 0 Å². The number of benzene rings is 2. The van der Waals surface area contributed by atoms with Gasteiger partial charge in [0.15, 0.2) is 0 Å². The summed E-state index contributed by atoms with van der Waals surface area (Å²) in [5.74, 6) is -0.0338. The summed E-state index contributed by atoms with van der Waals surface area (Å²) in [6.07, 6.45) is 3.02. The molecule has 6 nitrogen and oxygen atoms in total. The minimum Gasteiger partial charge on any atom is -0.482 e. The molecule has 0 radical (unpaired) electrons. The van der Waals surface area contributed by atoms with Crippen LogP contribution in [0.4, 0.5) is 10.1 Å². The standard InChI is InChI=1S/C24H24FIN4O2.ClH/c1-24(2)20-21(16-11-10-15(26)14-19(16)32-24)27-28-22(20)23(31)30(29-12-6-3-7-13-29)18-9-5-4-8-17(18)25;/h4-5,8-11,14H,3,6-7,12-13H2,1-2H3,(H,27,28);1H. The van der Waals surface area contributed by atoms with E-state index in [4.69, 9.17) is 4.74 Å². The SMILES string of the molecule is CC1(C)Oc2cc(I)ccc2-c2n[nH]c(C(=O)N(c3ccccc3F)N3CCCCC3)c21.Cl. The Bertz CT molecular complexity index is 1190. The molecule has 0 atom stereocenters. The monoisotopic (exact) mass is 582 g/mol. The maximum Gasteiger partial charge on any atom is 0.291 e. The Hall–Kier alpha value is -2.17. The van der Waals surface area contributed by atoms with Gasteiger partial charge in [0, 0.05) is 22.2 Å². The van der Waals surface area contributed by atoms with Crippen molar-refractivity contribution in [3.8, 4) is 17.0 Å². The molecule has 33 heavy (non-hydrogen) atoms. The van der Waals surface area contributed by atoms with Gasteiger partial charge in [-0.05, 0) is 79.6 Å². The van der Waals surface area contributed by atoms with Crippen LogP contribution < -0.4 is 9.75 Å². The number of carbonyl (C=O) groups is 1. The van der Waals surface area contributed by atoms with Crippen LogP contribution in [0.1, 0.15) is 49.2 Å². The Morgan fingerprint density at radius 2 is 1.91 bits per heavy atom. The summed E-state index contributed by atoms with van der Waals surface area (Å²) in [5, 5.41) is 10.9. The fraction of sp³-hybridized carbons (Fsp3) is 0.333. The Labute approximate surface area is 212 Å². The number of halogens is 3. The van der Waals surface area contributed by atoms with E-state index in [1.54, 1.807) is 18.2 Å². The molecule has 174 valence electrons. The maximum atomic E-state index is 14.9. The van der Waals surface area contributed by atoms with E-state index in [0.29, 0.717) is 30.0 Å². The molecular weight excluding hydrogens is 558 g/mol.